The molecule has 1 aliphatic rings. The molecule has 1 atom stereocenters. The Morgan fingerprint density at radius 3 is 2.64 bits per heavy atom. The average Bonchev–Trinajstić information content (AvgIpc) is 2.56. The molecule has 1 saturated heterocycles. The van der Waals surface area contributed by atoms with Gasteiger partial charge in [-0.25, -0.2) is 4.79 Å². The zero-order valence-corrected chi connectivity index (χ0v) is 9.62. The standard InChI is InChI=1S/C11H22N2O/c1-4-6-7-12-8-9-13(11(12)14)10(3)5-2/h10H,4-9H2,1-3H3/t10-/m1/s1. The number of carbonyl (C=O) groups excluding carboxylic acids is 1. The molecule has 0 saturated carbocycles. The van der Waals surface area contributed by atoms with Gasteiger partial charge in [0.2, 0.25) is 0 Å². The van der Waals surface area contributed by atoms with Gasteiger partial charge >= 0.3 is 6.03 Å². The Morgan fingerprint density at radius 1 is 1.36 bits per heavy atom. The van der Waals surface area contributed by atoms with Crippen LogP contribution in [0.3, 0.4) is 0 Å². The summed E-state index contributed by atoms with van der Waals surface area (Å²) < 4.78 is 0. The van der Waals surface area contributed by atoms with Crippen molar-refractivity contribution in [1.29, 1.82) is 0 Å². The van der Waals surface area contributed by atoms with Crippen LogP contribution in [0, 0.1) is 0 Å². The highest BCUT2D eigenvalue weighted by Crippen LogP contribution is 2.14. The van der Waals surface area contributed by atoms with Gasteiger partial charge in [0.15, 0.2) is 0 Å². The molecule has 0 N–H and O–H groups in total. The van der Waals surface area contributed by atoms with Gasteiger partial charge in [-0.05, 0) is 19.8 Å². The molecule has 3 nitrogen and oxygen atoms in total. The molecule has 0 radical (unpaired) electrons. The average molecular weight is 198 g/mol. The molecule has 0 aliphatic carbocycles. The van der Waals surface area contributed by atoms with E-state index in [4.69, 9.17) is 0 Å². The molecule has 1 fully saturated rings. The normalized spacial score (nSPS) is 19.2. The molecule has 0 aromatic heterocycles. The van der Waals surface area contributed by atoms with E-state index in [0.717, 1.165) is 38.9 Å². The Kier molecular flexibility index (Phi) is 4.23. The van der Waals surface area contributed by atoms with E-state index in [1.54, 1.807) is 0 Å². The van der Waals surface area contributed by atoms with Gasteiger partial charge in [0.1, 0.15) is 0 Å². The number of amides is 2. The van der Waals surface area contributed by atoms with Crippen LogP contribution in [0.15, 0.2) is 0 Å². The van der Waals surface area contributed by atoms with E-state index in [2.05, 4.69) is 20.8 Å². The van der Waals surface area contributed by atoms with E-state index in [-0.39, 0.29) is 6.03 Å². The smallest absolute Gasteiger partial charge is 0.320 e. The second-order valence-electron chi connectivity index (χ2n) is 4.07. The van der Waals surface area contributed by atoms with Gasteiger partial charge in [-0.1, -0.05) is 20.3 Å². The van der Waals surface area contributed by atoms with E-state index >= 15 is 0 Å². The minimum atomic E-state index is 0.243. The summed E-state index contributed by atoms with van der Waals surface area (Å²) in [6.07, 6.45) is 3.33. The summed E-state index contributed by atoms with van der Waals surface area (Å²) in [6.45, 7) is 9.18. The third-order valence-electron chi connectivity index (χ3n) is 3.03. The highest BCUT2D eigenvalue weighted by atomic mass is 16.2. The number of hydrogen-bond acceptors (Lipinski definition) is 1. The number of rotatable bonds is 5. The van der Waals surface area contributed by atoms with Gasteiger partial charge in [0, 0.05) is 25.7 Å². The Bertz CT molecular complexity index is 194. The second kappa shape index (κ2) is 5.23. The zero-order chi connectivity index (χ0) is 10.6. The molecule has 1 aliphatic heterocycles. The van der Waals surface area contributed by atoms with E-state index in [0.29, 0.717) is 6.04 Å². The van der Waals surface area contributed by atoms with Crippen LogP contribution in [0.4, 0.5) is 4.79 Å². The van der Waals surface area contributed by atoms with Crippen LogP contribution in [0.2, 0.25) is 0 Å². The summed E-state index contributed by atoms with van der Waals surface area (Å²) in [4.78, 5) is 15.8. The van der Waals surface area contributed by atoms with Crippen LogP contribution < -0.4 is 0 Å². The third-order valence-corrected chi connectivity index (χ3v) is 3.03. The highest BCUT2D eigenvalue weighted by molar-refractivity contribution is 5.76. The summed E-state index contributed by atoms with van der Waals surface area (Å²) in [5.41, 5.74) is 0. The largest absolute Gasteiger partial charge is 0.323 e. The molecule has 0 spiro atoms. The van der Waals surface area contributed by atoms with E-state index in [1.165, 1.54) is 0 Å². The van der Waals surface area contributed by atoms with Crippen LogP contribution in [-0.2, 0) is 0 Å². The number of carbonyl (C=O) groups is 1. The first-order chi connectivity index (χ1) is 6.70. The van der Waals surface area contributed by atoms with Crippen molar-refractivity contribution in [3.63, 3.8) is 0 Å². The monoisotopic (exact) mass is 198 g/mol. The lowest BCUT2D eigenvalue weighted by atomic mass is 10.2. The first-order valence-corrected chi connectivity index (χ1v) is 5.76. The minimum absolute atomic E-state index is 0.243. The number of nitrogens with zero attached hydrogens (tertiary/aromatic N) is 2. The molecule has 1 heterocycles. The fourth-order valence-corrected chi connectivity index (χ4v) is 1.79. The molecule has 1 rings (SSSR count). The van der Waals surface area contributed by atoms with Crippen LogP contribution in [0.5, 0.6) is 0 Å². The maximum Gasteiger partial charge on any atom is 0.320 e. The Hall–Kier alpha value is -0.730. The summed E-state index contributed by atoms with van der Waals surface area (Å²) in [7, 11) is 0. The maximum atomic E-state index is 11.9. The SMILES string of the molecule is CCCCN1CCN([C@H](C)CC)C1=O. The molecule has 0 aromatic rings. The predicted molar refractivity (Wildman–Crippen MR) is 58.3 cm³/mol. The van der Waals surface area contributed by atoms with Crippen molar-refractivity contribution in [2.75, 3.05) is 19.6 Å². The first-order valence-electron chi connectivity index (χ1n) is 5.76. The second-order valence-corrected chi connectivity index (χ2v) is 4.07. The van der Waals surface area contributed by atoms with Crippen molar-refractivity contribution in [2.45, 2.75) is 46.1 Å². The summed E-state index contributed by atoms with van der Waals surface area (Å²) in [6, 6.07) is 0.641. The molecule has 0 aromatic carbocycles. The van der Waals surface area contributed by atoms with Crippen LogP contribution in [-0.4, -0.2) is 41.5 Å². The molecule has 0 bridgehead atoms. The molecule has 0 unspecified atom stereocenters. The predicted octanol–water partition coefficient (Wildman–Crippen LogP) is 2.32. The lowest BCUT2D eigenvalue weighted by molar-refractivity contribution is 0.178. The van der Waals surface area contributed by atoms with Gasteiger partial charge in [-0.2, -0.15) is 0 Å². The maximum absolute atomic E-state index is 11.9. The Balaban J connectivity index is 2.43. The highest BCUT2D eigenvalue weighted by Gasteiger charge is 2.30. The van der Waals surface area contributed by atoms with Crippen LogP contribution in [0.25, 0.3) is 0 Å². The van der Waals surface area contributed by atoms with Crippen molar-refractivity contribution in [3.8, 4) is 0 Å². The summed E-state index contributed by atoms with van der Waals surface area (Å²) >= 11 is 0. The van der Waals surface area contributed by atoms with Gasteiger partial charge in [-0.3, -0.25) is 0 Å². The quantitative estimate of drug-likeness (QED) is 0.665. The molecule has 82 valence electrons. The van der Waals surface area contributed by atoms with Crippen molar-refractivity contribution in [1.82, 2.24) is 9.80 Å². The summed E-state index contributed by atoms with van der Waals surface area (Å²) in [5.74, 6) is 0. The molecule has 14 heavy (non-hydrogen) atoms. The van der Waals surface area contributed by atoms with Gasteiger partial charge in [0.05, 0.1) is 0 Å². The lowest BCUT2D eigenvalue weighted by Crippen LogP contribution is -2.37. The molecule has 3 heteroatoms. The number of unbranched alkanes of at least 4 members (excludes halogenated alkanes) is 1. The van der Waals surface area contributed by atoms with Crippen molar-refractivity contribution in [3.05, 3.63) is 0 Å². The van der Waals surface area contributed by atoms with E-state index in [1.807, 2.05) is 9.80 Å². The third kappa shape index (κ3) is 2.40. The van der Waals surface area contributed by atoms with E-state index < -0.39 is 0 Å². The fourth-order valence-electron chi connectivity index (χ4n) is 1.79. The minimum Gasteiger partial charge on any atom is -0.323 e. The van der Waals surface area contributed by atoms with Crippen molar-refractivity contribution >= 4 is 6.03 Å². The first kappa shape index (κ1) is 11.3. The molecular formula is C11H22N2O. The molecular weight excluding hydrogens is 176 g/mol. The topological polar surface area (TPSA) is 23.6 Å². The molecule has 2 amide bonds. The zero-order valence-electron chi connectivity index (χ0n) is 9.62. The van der Waals surface area contributed by atoms with Gasteiger partial charge in [-0.15, -0.1) is 0 Å². The summed E-state index contributed by atoms with van der Waals surface area (Å²) in [5, 5.41) is 0. The van der Waals surface area contributed by atoms with Crippen molar-refractivity contribution in [2.24, 2.45) is 0 Å². The Labute approximate surface area is 87.1 Å². The lowest BCUT2D eigenvalue weighted by Gasteiger charge is -2.23. The Morgan fingerprint density at radius 2 is 2.07 bits per heavy atom. The number of hydrogen-bond donors (Lipinski definition) is 0. The van der Waals surface area contributed by atoms with Crippen molar-refractivity contribution < 1.29 is 4.79 Å². The number of urea groups is 1. The van der Waals surface area contributed by atoms with Gasteiger partial charge in [0.25, 0.3) is 0 Å². The van der Waals surface area contributed by atoms with Gasteiger partial charge < -0.3 is 9.80 Å². The van der Waals surface area contributed by atoms with Crippen LogP contribution >= 0.6 is 0 Å². The van der Waals surface area contributed by atoms with E-state index in [9.17, 15) is 4.79 Å². The fraction of sp³-hybridized carbons (Fsp3) is 0.909. The van der Waals surface area contributed by atoms with Crippen LogP contribution in [0.1, 0.15) is 40.0 Å².